The fourth-order valence-corrected chi connectivity index (χ4v) is 5.45. The number of hydrogen-bond donors (Lipinski definition) is 0. The molecule has 0 atom stereocenters. The molecule has 2 heterocycles. The molecule has 0 aliphatic carbocycles. The molecule has 0 aliphatic heterocycles. The number of halogens is 3. The normalized spacial score (nSPS) is 12.0. The molecular weight excluding hydrogens is 617 g/mol. The Morgan fingerprint density at radius 1 is 0.522 bits per heavy atom. The van der Waals surface area contributed by atoms with Crippen molar-refractivity contribution in [2.45, 2.75) is 5.51 Å². The smallest absolute Gasteiger partial charge is 0.374 e. The van der Waals surface area contributed by atoms with E-state index in [-0.39, 0.29) is 5.69 Å². The van der Waals surface area contributed by atoms with Crippen LogP contribution in [0, 0.1) is 0 Å². The zero-order chi connectivity index (χ0) is 31.9. The summed E-state index contributed by atoms with van der Waals surface area (Å²) in [5.74, 6) is -0.522. The molecule has 0 spiro atoms. The number of aromatic nitrogens is 6. The molecule has 0 radical (unpaired) electrons. The Kier molecular flexibility index (Phi) is 7.09. The fraction of sp³-hybridized carbons (Fsp3) is 0.0303. The Hall–Kier alpha value is -5.82. The average molecular weight is 639 g/mol. The van der Waals surface area contributed by atoms with Crippen molar-refractivity contribution in [1.82, 2.24) is 30.0 Å². The van der Waals surface area contributed by atoms with Crippen LogP contribution in [-0.4, -0.2) is 43.9 Å². The summed E-state index contributed by atoms with van der Waals surface area (Å²) in [7, 11) is -5.85. The van der Waals surface area contributed by atoms with Crippen LogP contribution in [0.1, 0.15) is 0 Å². The van der Waals surface area contributed by atoms with Crippen molar-refractivity contribution in [2.24, 2.45) is 0 Å². The summed E-state index contributed by atoms with van der Waals surface area (Å²) in [6.07, 6.45) is 0. The highest BCUT2D eigenvalue weighted by atomic mass is 32.2. The minimum atomic E-state index is -5.85. The van der Waals surface area contributed by atoms with E-state index in [1.807, 2.05) is 48.5 Å². The van der Waals surface area contributed by atoms with Gasteiger partial charge in [-0.3, -0.25) is 0 Å². The SMILES string of the molecule is O=S(=O)(Oc1ccc2ccccc2c1-n1nc2ccccc2n1)C(F)(F)F.c1ccc2c(-n3nc4ccccc4n3)cccc2c1. The van der Waals surface area contributed by atoms with Gasteiger partial charge in [0.15, 0.2) is 5.75 Å². The van der Waals surface area contributed by atoms with Gasteiger partial charge in [-0.05, 0) is 47.2 Å². The zero-order valence-corrected chi connectivity index (χ0v) is 24.4. The van der Waals surface area contributed by atoms with E-state index in [1.54, 1.807) is 53.3 Å². The van der Waals surface area contributed by atoms with Gasteiger partial charge in [-0.15, -0.1) is 30.0 Å². The van der Waals surface area contributed by atoms with Crippen LogP contribution in [0.4, 0.5) is 13.2 Å². The van der Waals surface area contributed by atoms with E-state index < -0.39 is 21.4 Å². The molecule has 2 aromatic heterocycles. The summed E-state index contributed by atoms with van der Waals surface area (Å²) in [5, 5.41) is 21.0. The van der Waals surface area contributed by atoms with Gasteiger partial charge in [0.2, 0.25) is 0 Å². The second-order valence-electron chi connectivity index (χ2n) is 10.1. The highest BCUT2D eigenvalue weighted by Crippen LogP contribution is 2.35. The highest BCUT2D eigenvalue weighted by Gasteiger charge is 2.49. The van der Waals surface area contributed by atoms with Crippen LogP contribution in [0.3, 0.4) is 0 Å². The topological polar surface area (TPSA) is 105 Å². The number of benzene rings is 6. The third-order valence-electron chi connectivity index (χ3n) is 7.10. The lowest BCUT2D eigenvalue weighted by Crippen LogP contribution is -2.28. The second-order valence-corrected chi connectivity index (χ2v) is 11.6. The van der Waals surface area contributed by atoms with Crippen LogP contribution >= 0.6 is 0 Å². The van der Waals surface area contributed by atoms with Crippen molar-refractivity contribution in [1.29, 1.82) is 0 Å². The van der Waals surface area contributed by atoms with E-state index in [4.69, 9.17) is 0 Å². The first-order valence-corrected chi connectivity index (χ1v) is 15.2. The van der Waals surface area contributed by atoms with Gasteiger partial charge in [0.1, 0.15) is 27.8 Å². The lowest BCUT2D eigenvalue weighted by Gasteiger charge is -2.14. The number of alkyl halides is 3. The van der Waals surface area contributed by atoms with Crippen molar-refractivity contribution in [2.75, 3.05) is 0 Å². The van der Waals surface area contributed by atoms with Crippen LogP contribution in [-0.2, 0) is 10.1 Å². The largest absolute Gasteiger partial charge is 0.534 e. The zero-order valence-electron chi connectivity index (χ0n) is 23.6. The van der Waals surface area contributed by atoms with Gasteiger partial charge in [0, 0.05) is 10.8 Å². The summed E-state index contributed by atoms with van der Waals surface area (Å²) in [5.41, 5.74) is -1.74. The molecule has 9 nitrogen and oxygen atoms in total. The van der Waals surface area contributed by atoms with Crippen LogP contribution in [0.15, 0.2) is 127 Å². The van der Waals surface area contributed by atoms with Gasteiger partial charge in [-0.2, -0.15) is 21.6 Å². The maximum absolute atomic E-state index is 12.8. The first-order chi connectivity index (χ1) is 22.2. The highest BCUT2D eigenvalue weighted by molar-refractivity contribution is 7.88. The summed E-state index contributed by atoms with van der Waals surface area (Å²) in [6.45, 7) is 0. The predicted octanol–water partition coefficient (Wildman–Crippen LogP) is 7.38. The molecule has 13 heteroatoms. The van der Waals surface area contributed by atoms with Crippen molar-refractivity contribution < 1.29 is 25.8 Å². The van der Waals surface area contributed by atoms with Gasteiger partial charge in [-0.25, -0.2) is 0 Å². The molecule has 0 bridgehead atoms. The Morgan fingerprint density at radius 3 is 1.54 bits per heavy atom. The van der Waals surface area contributed by atoms with Crippen LogP contribution in [0.5, 0.6) is 5.75 Å². The Labute approximate surface area is 259 Å². The molecule has 0 saturated carbocycles. The minimum Gasteiger partial charge on any atom is -0.374 e. The lowest BCUT2D eigenvalue weighted by atomic mass is 10.1. The first-order valence-electron chi connectivity index (χ1n) is 13.8. The van der Waals surface area contributed by atoms with Crippen molar-refractivity contribution in [3.05, 3.63) is 127 Å². The standard InChI is InChI=1S/C17H10F3N3O3S.C16H11N3/c18-17(19,20)27(24,25)26-15-10-9-11-5-1-2-6-12(11)16(15)23-21-13-7-3-4-8-14(13)22-23;1-2-8-13-12(6-1)7-5-11-16(13)19-17-14-9-3-4-10-15(14)18-19/h1-10H;1-11H. The third kappa shape index (κ3) is 5.37. The summed E-state index contributed by atoms with van der Waals surface area (Å²) in [6, 6.07) is 38.5. The number of fused-ring (bicyclic) bond motifs is 4. The molecule has 0 unspecified atom stereocenters. The van der Waals surface area contributed by atoms with E-state index in [0.29, 0.717) is 21.8 Å². The predicted molar refractivity (Wildman–Crippen MR) is 168 cm³/mol. The molecule has 0 aliphatic rings. The fourth-order valence-electron chi connectivity index (χ4n) is 4.98. The minimum absolute atomic E-state index is 0.00266. The molecule has 8 rings (SSSR count). The number of nitrogens with zero attached hydrogens (tertiary/aromatic N) is 6. The van der Waals surface area contributed by atoms with E-state index in [2.05, 4.69) is 42.8 Å². The number of rotatable bonds is 4. The first kappa shape index (κ1) is 28.9. The van der Waals surface area contributed by atoms with Gasteiger partial charge < -0.3 is 4.18 Å². The Bertz CT molecular complexity index is 2420. The molecular formula is C33H21F3N6O3S. The van der Waals surface area contributed by atoms with E-state index >= 15 is 0 Å². The molecule has 8 aromatic rings. The molecule has 0 fully saturated rings. The second kappa shape index (κ2) is 11.3. The van der Waals surface area contributed by atoms with Gasteiger partial charge >= 0.3 is 15.6 Å². The quantitative estimate of drug-likeness (QED) is 0.146. The van der Waals surface area contributed by atoms with Gasteiger partial charge in [0.25, 0.3) is 0 Å². The molecule has 6 aromatic carbocycles. The molecule has 0 saturated heterocycles. The van der Waals surface area contributed by atoms with Crippen molar-refractivity contribution >= 4 is 53.7 Å². The molecule has 0 N–H and O–H groups in total. The molecule has 228 valence electrons. The van der Waals surface area contributed by atoms with Gasteiger partial charge in [-0.1, -0.05) is 91.0 Å². The molecule has 46 heavy (non-hydrogen) atoms. The van der Waals surface area contributed by atoms with E-state index in [0.717, 1.165) is 33.0 Å². The monoisotopic (exact) mass is 638 g/mol. The maximum Gasteiger partial charge on any atom is 0.534 e. The maximum atomic E-state index is 12.8. The van der Waals surface area contributed by atoms with Crippen LogP contribution < -0.4 is 4.18 Å². The van der Waals surface area contributed by atoms with Crippen molar-refractivity contribution in [3.8, 4) is 17.1 Å². The summed E-state index contributed by atoms with van der Waals surface area (Å²) >= 11 is 0. The third-order valence-corrected chi connectivity index (χ3v) is 8.07. The van der Waals surface area contributed by atoms with E-state index in [9.17, 15) is 21.6 Å². The lowest BCUT2D eigenvalue weighted by molar-refractivity contribution is -0.0500. The van der Waals surface area contributed by atoms with E-state index in [1.165, 1.54) is 11.5 Å². The van der Waals surface area contributed by atoms with Crippen LogP contribution in [0.2, 0.25) is 0 Å². The van der Waals surface area contributed by atoms with Gasteiger partial charge in [0.05, 0.1) is 5.69 Å². The van der Waals surface area contributed by atoms with Crippen molar-refractivity contribution in [3.63, 3.8) is 0 Å². The average Bonchev–Trinajstić information content (AvgIpc) is 3.68. The Balaban J connectivity index is 0.000000156. The molecule has 0 amide bonds. The summed E-state index contributed by atoms with van der Waals surface area (Å²) < 4.78 is 65.8. The Morgan fingerprint density at radius 2 is 0.978 bits per heavy atom. The number of hydrogen-bond acceptors (Lipinski definition) is 7. The van der Waals surface area contributed by atoms with Crippen LogP contribution in [0.25, 0.3) is 55.0 Å². The summed E-state index contributed by atoms with van der Waals surface area (Å²) in [4.78, 5) is 2.79.